The molecule has 0 aliphatic carbocycles. The molecular weight excluding hydrogens is 371 g/mol. The zero-order valence-corrected chi connectivity index (χ0v) is 14.7. The number of carbonyl (C=O) groups excluding carboxylic acids is 2. The molecule has 2 aromatic carbocycles. The maximum absolute atomic E-state index is 13.0. The van der Waals surface area contributed by atoms with Gasteiger partial charge in [-0.05, 0) is 43.2 Å². The Morgan fingerprint density at radius 2 is 1.77 bits per heavy atom. The van der Waals surface area contributed by atoms with E-state index in [9.17, 15) is 22.8 Å². The van der Waals surface area contributed by atoms with Crippen molar-refractivity contribution >= 4 is 29.2 Å². The maximum atomic E-state index is 13.0. The molecule has 0 bridgehead atoms. The van der Waals surface area contributed by atoms with Crippen molar-refractivity contribution in [3.63, 3.8) is 0 Å². The van der Waals surface area contributed by atoms with Crippen LogP contribution < -0.4 is 5.32 Å². The van der Waals surface area contributed by atoms with E-state index in [1.807, 2.05) is 13.0 Å². The van der Waals surface area contributed by atoms with Crippen molar-refractivity contribution in [3.05, 3.63) is 63.7 Å². The molecule has 0 saturated carbocycles. The van der Waals surface area contributed by atoms with Gasteiger partial charge in [-0.2, -0.15) is 13.2 Å². The smallest absolute Gasteiger partial charge is 0.418 e. The number of benzene rings is 2. The van der Waals surface area contributed by atoms with Gasteiger partial charge in [0.2, 0.25) is 0 Å². The van der Waals surface area contributed by atoms with Gasteiger partial charge in [-0.15, -0.1) is 0 Å². The summed E-state index contributed by atoms with van der Waals surface area (Å²) in [6.45, 7) is 2.80. The topological polar surface area (TPSA) is 55.4 Å². The third kappa shape index (κ3) is 4.54. The van der Waals surface area contributed by atoms with E-state index in [2.05, 4.69) is 5.32 Å². The van der Waals surface area contributed by atoms with Crippen LogP contribution >= 0.6 is 11.6 Å². The van der Waals surface area contributed by atoms with Gasteiger partial charge in [0.05, 0.1) is 21.8 Å². The predicted octanol–water partition coefficient (Wildman–Crippen LogP) is 4.77. The standard InChI is InChI=1S/C18H15ClF3NO3/c1-10-5-3-6-12(11(10)2)17(25)26-9-15(24)23-16-13(18(20,21)22)7-4-8-14(16)19/h3-8H,9H2,1-2H3,(H,23,24). The van der Waals surface area contributed by atoms with Gasteiger partial charge in [-0.1, -0.05) is 29.8 Å². The molecule has 26 heavy (non-hydrogen) atoms. The highest BCUT2D eigenvalue weighted by Crippen LogP contribution is 2.38. The van der Waals surface area contributed by atoms with Gasteiger partial charge < -0.3 is 10.1 Å². The van der Waals surface area contributed by atoms with Crippen LogP contribution in [0.15, 0.2) is 36.4 Å². The Labute approximate surface area is 152 Å². The van der Waals surface area contributed by atoms with Crippen LogP contribution in [0.1, 0.15) is 27.0 Å². The summed E-state index contributed by atoms with van der Waals surface area (Å²) in [5, 5.41) is 1.78. The van der Waals surface area contributed by atoms with E-state index in [-0.39, 0.29) is 10.6 Å². The number of hydrogen-bond donors (Lipinski definition) is 1. The van der Waals surface area contributed by atoms with E-state index in [0.717, 1.165) is 17.7 Å². The molecule has 0 atom stereocenters. The number of rotatable bonds is 4. The number of para-hydroxylation sites is 1. The van der Waals surface area contributed by atoms with Crippen LogP contribution in [0.2, 0.25) is 5.02 Å². The summed E-state index contributed by atoms with van der Waals surface area (Å²) in [7, 11) is 0. The molecule has 0 fully saturated rings. The zero-order valence-electron chi connectivity index (χ0n) is 13.9. The molecule has 2 aromatic rings. The van der Waals surface area contributed by atoms with Crippen LogP contribution in [0.25, 0.3) is 0 Å². The average molecular weight is 386 g/mol. The van der Waals surface area contributed by atoms with Crippen LogP contribution in [0.4, 0.5) is 18.9 Å². The normalized spacial score (nSPS) is 11.2. The Balaban J connectivity index is 2.09. The number of alkyl halides is 3. The van der Waals surface area contributed by atoms with Crippen molar-refractivity contribution in [3.8, 4) is 0 Å². The average Bonchev–Trinajstić information content (AvgIpc) is 2.56. The second-order valence-electron chi connectivity index (χ2n) is 5.53. The fraction of sp³-hybridized carbons (Fsp3) is 0.222. The van der Waals surface area contributed by atoms with Crippen molar-refractivity contribution < 1.29 is 27.5 Å². The van der Waals surface area contributed by atoms with Crippen LogP contribution in [-0.2, 0) is 15.7 Å². The minimum atomic E-state index is -4.69. The Bertz CT molecular complexity index is 850. The minimum Gasteiger partial charge on any atom is -0.452 e. The summed E-state index contributed by atoms with van der Waals surface area (Å²) in [5.74, 6) is -1.67. The Hall–Kier alpha value is -2.54. The summed E-state index contributed by atoms with van der Waals surface area (Å²) in [4.78, 5) is 24.0. The molecule has 4 nitrogen and oxygen atoms in total. The largest absolute Gasteiger partial charge is 0.452 e. The van der Waals surface area contributed by atoms with Crippen LogP contribution in [0, 0.1) is 13.8 Å². The van der Waals surface area contributed by atoms with Crippen molar-refractivity contribution in [2.75, 3.05) is 11.9 Å². The molecule has 1 N–H and O–H groups in total. The highest BCUT2D eigenvalue weighted by Gasteiger charge is 2.34. The van der Waals surface area contributed by atoms with Crippen molar-refractivity contribution in [2.24, 2.45) is 0 Å². The summed E-state index contributed by atoms with van der Waals surface area (Å²) in [5.41, 5.74) is 0.193. The van der Waals surface area contributed by atoms with E-state index < -0.39 is 35.9 Å². The molecule has 0 aliphatic heterocycles. The lowest BCUT2D eigenvalue weighted by Crippen LogP contribution is -2.23. The molecule has 0 aromatic heterocycles. The minimum absolute atomic E-state index is 0.269. The quantitative estimate of drug-likeness (QED) is 0.771. The molecule has 138 valence electrons. The number of ether oxygens (including phenoxy) is 1. The molecule has 0 saturated heterocycles. The number of hydrogen-bond acceptors (Lipinski definition) is 3. The van der Waals surface area contributed by atoms with Crippen LogP contribution in [-0.4, -0.2) is 18.5 Å². The molecule has 0 radical (unpaired) electrons. The van der Waals surface area contributed by atoms with Crippen molar-refractivity contribution in [1.82, 2.24) is 0 Å². The number of esters is 1. The second-order valence-corrected chi connectivity index (χ2v) is 5.94. The third-order valence-corrected chi connectivity index (χ3v) is 4.06. The number of carbonyl (C=O) groups is 2. The second kappa shape index (κ2) is 7.78. The van der Waals surface area contributed by atoms with Gasteiger partial charge in [-0.3, -0.25) is 4.79 Å². The van der Waals surface area contributed by atoms with Crippen molar-refractivity contribution in [1.29, 1.82) is 0 Å². The summed E-state index contributed by atoms with van der Waals surface area (Å²) in [6, 6.07) is 8.16. The highest BCUT2D eigenvalue weighted by molar-refractivity contribution is 6.34. The van der Waals surface area contributed by atoms with E-state index in [1.165, 1.54) is 6.07 Å². The monoisotopic (exact) mass is 385 g/mol. The molecule has 0 unspecified atom stereocenters. The SMILES string of the molecule is Cc1cccc(C(=O)OCC(=O)Nc2c(Cl)cccc2C(F)(F)F)c1C. The van der Waals surface area contributed by atoms with Gasteiger partial charge in [-0.25, -0.2) is 4.79 Å². The van der Waals surface area contributed by atoms with Gasteiger partial charge in [0.25, 0.3) is 5.91 Å². The number of halogens is 4. The first-order valence-corrected chi connectivity index (χ1v) is 7.88. The first kappa shape index (κ1) is 19.8. The molecule has 0 aliphatic rings. The molecule has 0 heterocycles. The van der Waals surface area contributed by atoms with Gasteiger partial charge in [0.15, 0.2) is 6.61 Å². The predicted molar refractivity (Wildman–Crippen MR) is 91.3 cm³/mol. The van der Waals surface area contributed by atoms with Gasteiger partial charge >= 0.3 is 12.1 Å². The number of aryl methyl sites for hydroxylation is 1. The maximum Gasteiger partial charge on any atom is 0.418 e. The van der Waals surface area contributed by atoms with Crippen LogP contribution in [0.3, 0.4) is 0 Å². The summed E-state index contributed by atoms with van der Waals surface area (Å²) >= 11 is 5.75. The van der Waals surface area contributed by atoms with Crippen molar-refractivity contribution in [2.45, 2.75) is 20.0 Å². The Morgan fingerprint density at radius 3 is 2.42 bits per heavy atom. The number of anilines is 1. The van der Waals surface area contributed by atoms with Crippen LogP contribution in [0.5, 0.6) is 0 Å². The highest BCUT2D eigenvalue weighted by atomic mass is 35.5. The molecule has 8 heteroatoms. The summed E-state index contributed by atoms with van der Waals surface area (Å²) < 4.78 is 43.9. The Kier molecular flexibility index (Phi) is 5.92. The molecule has 0 spiro atoms. The zero-order chi connectivity index (χ0) is 19.5. The van der Waals surface area contributed by atoms with E-state index in [4.69, 9.17) is 16.3 Å². The van der Waals surface area contributed by atoms with E-state index in [0.29, 0.717) is 5.56 Å². The van der Waals surface area contributed by atoms with E-state index in [1.54, 1.807) is 19.1 Å². The van der Waals surface area contributed by atoms with Gasteiger partial charge in [0, 0.05) is 0 Å². The number of amides is 1. The lowest BCUT2D eigenvalue weighted by Gasteiger charge is -2.15. The number of nitrogens with one attached hydrogen (secondary N) is 1. The van der Waals surface area contributed by atoms with Gasteiger partial charge in [0.1, 0.15) is 0 Å². The fourth-order valence-corrected chi connectivity index (χ4v) is 2.47. The first-order valence-electron chi connectivity index (χ1n) is 7.50. The van der Waals surface area contributed by atoms with E-state index >= 15 is 0 Å². The first-order chi connectivity index (χ1) is 12.1. The molecule has 1 amide bonds. The molecular formula is C18H15ClF3NO3. The lowest BCUT2D eigenvalue weighted by molar-refractivity contribution is -0.137. The Morgan fingerprint density at radius 1 is 1.12 bits per heavy atom. The fourth-order valence-electron chi connectivity index (χ4n) is 2.24. The third-order valence-electron chi connectivity index (χ3n) is 3.74. The summed E-state index contributed by atoms with van der Waals surface area (Å²) in [6.07, 6.45) is -4.69. The lowest BCUT2D eigenvalue weighted by atomic mass is 10.0. The molecule has 2 rings (SSSR count).